The fourth-order valence-electron chi connectivity index (χ4n) is 3.54. The van der Waals surface area contributed by atoms with Gasteiger partial charge in [-0.1, -0.05) is 38.1 Å². The monoisotopic (exact) mass is 477 g/mol. The van der Waals surface area contributed by atoms with Crippen LogP contribution in [0.25, 0.3) is 0 Å². The molecule has 0 spiro atoms. The molecule has 2 rings (SSSR count). The molecule has 1 atom stereocenters. The number of amidine groups is 1. The van der Waals surface area contributed by atoms with Gasteiger partial charge in [-0.25, -0.2) is 4.99 Å². The van der Waals surface area contributed by atoms with Crippen LogP contribution in [0.5, 0.6) is 11.5 Å². The van der Waals surface area contributed by atoms with Gasteiger partial charge in [-0.15, -0.1) is 0 Å². The quantitative estimate of drug-likeness (QED) is 0.326. The van der Waals surface area contributed by atoms with Crippen LogP contribution >= 0.6 is 0 Å². The fraction of sp³-hybridized carbons (Fsp3) is 0.423. The van der Waals surface area contributed by atoms with Gasteiger partial charge in [-0.05, 0) is 55.2 Å². The summed E-state index contributed by atoms with van der Waals surface area (Å²) in [4.78, 5) is 5.92. The van der Waals surface area contributed by atoms with Gasteiger partial charge in [0.05, 0.1) is 19.8 Å². The summed E-state index contributed by atoms with van der Waals surface area (Å²) >= 11 is 0. The van der Waals surface area contributed by atoms with Crippen LogP contribution < -0.4 is 14.8 Å². The highest BCUT2D eigenvalue weighted by Gasteiger charge is 2.38. The summed E-state index contributed by atoms with van der Waals surface area (Å²) in [5.41, 5.74) is 1.94. The van der Waals surface area contributed by atoms with Gasteiger partial charge in [-0.2, -0.15) is 13.2 Å². The number of benzene rings is 2. The van der Waals surface area contributed by atoms with E-state index in [0.717, 1.165) is 17.3 Å². The summed E-state index contributed by atoms with van der Waals surface area (Å²) in [5.74, 6) is 1.30. The number of ether oxygens (including phenoxy) is 2. The number of anilines is 1. The van der Waals surface area contributed by atoms with Gasteiger partial charge >= 0.3 is 6.18 Å². The van der Waals surface area contributed by atoms with Crippen LogP contribution in [0.15, 0.2) is 59.1 Å². The molecule has 0 radical (unpaired) electrons. The van der Waals surface area contributed by atoms with Crippen LogP contribution in [0.3, 0.4) is 0 Å². The standard InChI is InChI=1S/C26H34F3N3O2/c1-8-22(26(27,28)29)25(31-18(4)30-21-12-10-20(11-13-21)17(2)3)32(5)16-19-9-14-23(33-6)24(15-19)34-7/h8-15,17-18,30H,16H2,1-7H3/b22-8+,31-25+. The highest BCUT2D eigenvalue weighted by atomic mass is 19.4. The molecule has 34 heavy (non-hydrogen) atoms. The van der Waals surface area contributed by atoms with Crippen LogP contribution in [0, 0.1) is 0 Å². The van der Waals surface area contributed by atoms with Crippen molar-refractivity contribution in [3.63, 3.8) is 0 Å². The van der Waals surface area contributed by atoms with E-state index < -0.39 is 17.9 Å². The van der Waals surface area contributed by atoms with Crippen LogP contribution in [0.2, 0.25) is 0 Å². The van der Waals surface area contributed by atoms with Gasteiger partial charge < -0.3 is 19.7 Å². The number of methoxy groups -OCH3 is 2. The van der Waals surface area contributed by atoms with E-state index in [4.69, 9.17) is 9.47 Å². The SMILES string of the molecule is C/C=C(\C(=N/C(C)Nc1ccc(C(C)C)cc1)N(C)Cc1ccc(OC)c(OC)c1)C(F)(F)F. The number of hydrogen-bond donors (Lipinski definition) is 1. The topological polar surface area (TPSA) is 46.1 Å². The minimum atomic E-state index is -4.54. The molecule has 0 heterocycles. The second kappa shape index (κ2) is 11.8. The third-order valence-corrected chi connectivity index (χ3v) is 5.33. The molecule has 0 bridgehead atoms. The normalized spacial score (nSPS) is 13.6. The summed E-state index contributed by atoms with van der Waals surface area (Å²) in [6.07, 6.45) is -4.09. The zero-order chi connectivity index (χ0) is 25.5. The molecule has 0 aliphatic heterocycles. The molecule has 1 N–H and O–H groups in total. The molecular formula is C26H34F3N3O2. The molecule has 1 unspecified atom stereocenters. The second-order valence-corrected chi connectivity index (χ2v) is 8.30. The molecule has 2 aromatic carbocycles. The molecule has 0 amide bonds. The molecule has 0 aliphatic carbocycles. The molecule has 0 fully saturated rings. The second-order valence-electron chi connectivity index (χ2n) is 8.30. The first kappa shape index (κ1) is 27.1. The van der Waals surface area contributed by atoms with Crippen molar-refractivity contribution in [3.8, 4) is 11.5 Å². The first-order valence-corrected chi connectivity index (χ1v) is 11.1. The number of aliphatic imine (C=N–C) groups is 1. The van der Waals surface area contributed by atoms with Gasteiger partial charge in [0.1, 0.15) is 12.0 Å². The number of halogens is 3. The molecule has 2 aromatic rings. The van der Waals surface area contributed by atoms with Gasteiger partial charge in [0.25, 0.3) is 0 Å². The van der Waals surface area contributed by atoms with E-state index in [-0.39, 0.29) is 12.4 Å². The van der Waals surface area contributed by atoms with E-state index in [2.05, 4.69) is 24.2 Å². The number of nitrogens with one attached hydrogen (secondary N) is 1. The van der Waals surface area contributed by atoms with E-state index in [1.54, 1.807) is 32.2 Å². The van der Waals surface area contributed by atoms with Crippen molar-refractivity contribution in [2.45, 2.75) is 52.5 Å². The maximum Gasteiger partial charge on any atom is 0.419 e. The number of hydrogen-bond acceptors (Lipinski definition) is 4. The lowest BCUT2D eigenvalue weighted by molar-refractivity contribution is -0.0870. The molecule has 5 nitrogen and oxygen atoms in total. The van der Waals surface area contributed by atoms with Crippen molar-refractivity contribution in [2.75, 3.05) is 26.6 Å². The van der Waals surface area contributed by atoms with Crippen LogP contribution in [0.1, 0.15) is 44.7 Å². The van der Waals surface area contributed by atoms with Crippen molar-refractivity contribution in [1.29, 1.82) is 0 Å². The van der Waals surface area contributed by atoms with E-state index in [9.17, 15) is 13.2 Å². The van der Waals surface area contributed by atoms with E-state index in [1.807, 2.05) is 24.3 Å². The Balaban J connectivity index is 2.34. The summed E-state index contributed by atoms with van der Waals surface area (Å²) in [6, 6.07) is 13.1. The van der Waals surface area contributed by atoms with Crippen LogP contribution in [0.4, 0.5) is 18.9 Å². The Morgan fingerprint density at radius 3 is 2.15 bits per heavy atom. The first-order valence-electron chi connectivity index (χ1n) is 11.1. The van der Waals surface area contributed by atoms with Crippen molar-refractivity contribution >= 4 is 11.5 Å². The summed E-state index contributed by atoms with van der Waals surface area (Å²) in [6.45, 7) is 7.50. The smallest absolute Gasteiger partial charge is 0.419 e. The van der Waals surface area contributed by atoms with E-state index in [0.29, 0.717) is 17.4 Å². The third-order valence-electron chi connectivity index (χ3n) is 5.33. The molecule has 8 heteroatoms. The third kappa shape index (κ3) is 7.17. The van der Waals surface area contributed by atoms with E-state index >= 15 is 0 Å². The Morgan fingerprint density at radius 2 is 1.65 bits per heavy atom. The van der Waals surface area contributed by atoms with Crippen LogP contribution in [-0.4, -0.2) is 44.3 Å². The van der Waals surface area contributed by atoms with Crippen molar-refractivity contribution in [3.05, 3.63) is 65.2 Å². The lowest BCUT2D eigenvalue weighted by atomic mass is 10.0. The predicted octanol–water partition coefficient (Wildman–Crippen LogP) is 6.62. The molecule has 186 valence electrons. The Bertz CT molecular complexity index is 999. The summed E-state index contributed by atoms with van der Waals surface area (Å²) in [7, 11) is 4.64. The first-order chi connectivity index (χ1) is 16.0. The Hall–Kier alpha value is -3.16. The molecule has 0 aromatic heterocycles. The lowest BCUT2D eigenvalue weighted by Crippen LogP contribution is -2.35. The minimum Gasteiger partial charge on any atom is -0.493 e. The highest BCUT2D eigenvalue weighted by molar-refractivity contribution is 5.99. The number of allylic oxidation sites excluding steroid dienone is 1. The molecule has 0 saturated heterocycles. The van der Waals surface area contributed by atoms with Gasteiger partial charge in [0, 0.05) is 19.3 Å². The maximum atomic E-state index is 13.9. The molecule has 0 saturated carbocycles. The Morgan fingerprint density at radius 1 is 1.03 bits per heavy atom. The van der Waals surface area contributed by atoms with Crippen molar-refractivity contribution in [2.24, 2.45) is 4.99 Å². The fourth-order valence-corrected chi connectivity index (χ4v) is 3.54. The van der Waals surface area contributed by atoms with E-state index in [1.165, 1.54) is 31.6 Å². The average Bonchev–Trinajstić information content (AvgIpc) is 2.78. The van der Waals surface area contributed by atoms with Gasteiger partial charge in [0.2, 0.25) is 0 Å². The van der Waals surface area contributed by atoms with Crippen molar-refractivity contribution in [1.82, 2.24) is 4.90 Å². The van der Waals surface area contributed by atoms with Crippen LogP contribution in [-0.2, 0) is 6.54 Å². The lowest BCUT2D eigenvalue weighted by Gasteiger charge is -2.26. The summed E-state index contributed by atoms with van der Waals surface area (Å²) in [5, 5.41) is 3.18. The largest absolute Gasteiger partial charge is 0.493 e. The maximum absolute atomic E-state index is 13.9. The average molecular weight is 478 g/mol. The van der Waals surface area contributed by atoms with Gasteiger partial charge in [0.15, 0.2) is 11.5 Å². The summed E-state index contributed by atoms with van der Waals surface area (Å²) < 4.78 is 52.1. The number of likely N-dealkylation sites (N-methyl/N-ethyl adjacent to an activating group) is 1. The number of alkyl halides is 3. The zero-order valence-electron chi connectivity index (χ0n) is 20.8. The highest BCUT2D eigenvalue weighted by Crippen LogP contribution is 2.31. The number of nitrogens with zero attached hydrogens (tertiary/aromatic N) is 2. The number of rotatable bonds is 9. The Kier molecular flexibility index (Phi) is 9.41. The predicted molar refractivity (Wildman–Crippen MR) is 132 cm³/mol. The van der Waals surface area contributed by atoms with Gasteiger partial charge in [-0.3, -0.25) is 0 Å². The zero-order valence-corrected chi connectivity index (χ0v) is 20.8. The Labute approximate surface area is 200 Å². The molecular weight excluding hydrogens is 443 g/mol. The van der Waals surface area contributed by atoms with Crippen molar-refractivity contribution < 1.29 is 22.6 Å². The molecule has 0 aliphatic rings. The minimum absolute atomic E-state index is 0.149.